The van der Waals surface area contributed by atoms with E-state index in [9.17, 15) is 0 Å². The van der Waals surface area contributed by atoms with E-state index in [4.69, 9.17) is 4.42 Å². The zero-order chi connectivity index (χ0) is 14.7. The lowest BCUT2D eigenvalue weighted by atomic mass is 10.1. The number of hydrogen-bond donors (Lipinski definition) is 0. The third kappa shape index (κ3) is 3.65. The Hall–Kier alpha value is -1.88. The van der Waals surface area contributed by atoms with Gasteiger partial charge in [0.25, 0.3) is 0 Å². The van der Waals surface area contributed by atoms with Crippen LogP contribution in [0.5, 0.6) is 0 Å². The molecule has 1 aromatic heterocycles. The van der Waals surface area contributed by atoms with Crippen LogP contribution in [0.4, 0.5) is 5.69 Å². The van der Waals surface area contributed by atoms with Crippen molar-refractivity contribution in [1.29, 1.82) is 0 Å². The molecule has 0 saturated carbocycles. The summed E-state index contributed by atoms with van der Waals surface area (Å²) in [6.07, 6.45) is 0. The molecule has 0 aliphatic heterocycles. The molecule has 0 amide bonds. The molecule has 1 heterocycles. The Balaban J connectivity index is 0.00000176. The smallest absolute Gasteiger partial charge is 0.373 e. The molecule has 0 saturated heterocycles. The van der Waals surface area contributed by atoms with Gasteiger partial charge < -0.3 is 28.4 Å². The predicted molar refractivity (Wildman–Crippen MR) is 86.2 cm³/mol. The quantitative estimate of drug-likeness (QED) is 0.461. The van der Waals surface area contributed by atoms with Gasteiger partial charge >= 0.3 is 5.55 Å². The highest BCUT2D eigenvalue weighted by molar-refractivity contribution is 5.57. The summed E-state index contributed by atoms with van der Waals surface area (Å²) in [5.74, 6) is 0.883. The molecule has 2 aromatic carbocycles. The number of rotatable bonds is 2. The van der Waals surface area contributed by atoms with Gasteiger partial charge in [0.2, 0.25) is 5.69 Å². The lowest BCUT2D eigenvalue weighted by Crippen LogP contribution is -3.00. The molecule has 0 atom stereocenters. The van der Waals surface area contributed by atoms with Crippen molar-refractivity contribution in [2.24, 2.45) is 0 Å². The highest BCUT2D eigenvalue weighted by Gasteiger charge is 2.08. The molecule has 0 bridgehead atoms. The Kier molecular flexibility index (Phi) is 5.55. The molecule has 112 valence electrons. The number of benzene rings is 2. The molecule has 3 rings (SSSR count). The predicted octanol–water partition coefficient (Wildman–Crippen LogP) is 0.993. The molecule has 0 unspecified atom stereocenters. The standard InChI is InChI=1S/C19H18NO.HI/c1-15-13-18(16-9-5-3-6-10-16)21-19(14-15)20(2)17-11-7-4-8-12-17;/h3-14H,1-2H3;1H/q+1;/p-1. The summed E-state index contributed by atoms with van der Waals surface area (Å²) in [7, 11) is 2.02. The first kappa shape index (κ1) is 16.5. The Morgan fingerprint density at radius 2 is 1.41 bits per heavy atom. The Morgan fingerprint density at radius 1 is 0.818 bits per heavy atom. The van der Waals surface area contributed by atoms with Gasteiger partial charge in [-0.15, -0.1) is 0 Å². The van der Waals surface area contributed by atoms with Crippen LogP contribution in [0.1, 0.15) is 5.56 Å². The molecule has 3 aromatic rings. The summed E-state index contributed by atoms with van der Waals surface area (Å²) >= 11 is 0. The number of para-hydroxylation sites is 1. The summed E-state index contributed by atoms with van der Waals surface area (Å²) < 4.78 is 8.14. The van der Waals surface area contributed by atoms with Crippen LogP contribution >= 0.6 is 0 Å². The van der Waals surface area contributed by atoms with Gasteiger partial charge in [-0.2, -0.15) is 4.58 Å². The van der Waals surface area contributed by atoms with Crippen molar-refractivity contribution < 1.29 is 28.4 Å². The maximum Gasteiger partial charge on any atom is 0.373 e. The van der Waals surface area contributed by atoms with E-state index in [1.54, 1.807) is 0 Å². The monoisotopic (exact) mass is 403 g/mol. The zero-order valence-corrected chi connectivity index (χ0v) is 14.8. The van der Waals surface area contributed by atoms with Gasteiger partial charge in [0.15, 0.2) is 0 Å². The highest BCUT2D eigenvalue weighted by atomic mass is 127. The van der Waals surface area contributed by atoms with Gasteiger partial charge in [-0.3, -0.25) is 0 Å². The van der Waals surface area contributed by atoms with Crippen molar-refractivity contribution in [3.05, 3.63) is 83.9 Å². The number of hydrogen-bond acceptors (Lipinski definition) is 1. The molecule has 2 nitrogen and oxygen atoms in total. The van der Waals surface area contributed by atoms with Gasteiger partial charge in [0, 0.05) is 17.7 Å². The third-order valence-corrected chi connectivity index (χ3v) is 3.46. The summed E-state index contributed by atoms with van der Waals surface area (Å²) in [6.45, 7) is 2.09. The molecule has 3 heteroatoms. The third-order valence-electron chi connectivity index (χ3n) is 3.46. The second kappa shape index (κ2) is 7.40. The molecule has 0 N–H and O–H groups in total. The van der Waals surface area contributed by atoms with Crippen molar-refractivity contribution in [2.75, 3.05) is 7.05 Å². The minimum absolute atomic E-state index is 0. The summed E-state index contributed by atoms with van der Waals surface area (Å²) in [5, 5.41) is 0. The zero-order valence-electron chi connectivity index (χ0n) is 12.7. The van der Waals surface area contributed by atoms with E-state index < -0.39 is 0 Å². The molecule has 0 fully saturated rings. The Bertz CT molecular complexity index is 808. The van der Waals surface area contributed by atoms with Crippen LogP contribution in [0.2, 0.25) is 0 Å². The molecular formula is C19H18INO. The SMILES string of the molecule is Cc1cc(-c2ccccc2)oc(=[N+](C)c2ccccc2)c1.[I-]. The van der Waals surface area contributed by atoms with E-state index in [1.807, 2.05) is 43.4 Å². The molecule has 22 heavy (non-hydrogen) atoms. The fourth-order valence-electron chi connectivity index (χ4n) is 2.30. The minimum atomic E-state index is 0. The molecule has 0 spiro atoms. The number of nitrogens with zero attached hydrogens (tertiary/aromatic N) is 1. The van der Waals surface area contributed by atoms with Crippen LogP contribution in [-0.4, -0.2) is 7.05 Å². The van der Waals surface area contributed by atoms with Crippen molar-refractivity contribution in [2.45, 2.75) is 6.92 Å². The second-order valence-corrected chi connectivity index (χ2v) is 5.10. The lowest BCUT2D eigenvalue weighted by molar-refractivity contribution is -0.00000484. The Morgan fingerprint density at radius 3 is 2.05 bits per heavy atom. The van der Waals surface area contributed by atoms with E-state index in [0.29, 0.717) is 0 Å². The molecule has 0 aliphatic carbocycles. The van der Waals surface area contributed by atoms with Crippen LogP contribution < -0.4 is 34.1 Å². The highest BCUT2D eigenvalue weighted by Crippen LogP contribution is 2.18. The summed E-state index contributed by atoms with van der Waals surface area (Å²) in [4.78, 5) is 0. The first-order valence-electron chi connectivity index (χ1n) is 7.03. The molecular weight excluding hydrogens is 385 g/mol. The van der Waals surface area contributed by atoms with Crippen LogP contribution in [0.15, 0.2) is 77.2 Å². The normalized spacial score (nSPS) is 11.5. The minimum Gasteiger partial charge on any atom is -1.00 e. The van der Waals surface area contributed by atoms with E-state index in [-0.39, 0.29) is 24.0 Å². The van der Waals surface area contributed by atoms with Gasteiger partial charge in [0.05, 0.1) is 6.07 Å². The van der Waals surface area contributed by atoms with Crippen molar-refractivity contribution in [3.63, 3.8) is 0 Å². The van der Waals surface area contributed by atoms with Crippen LogP contribution in [0.25, 0.3) is 11.3 Å². The van der Waals surface area contributed by atoms with Crippen molar-refractivity contribution in [3.8, 4) is 11.3 Å². The molecule has 0 radical (unpaired) electrons. The van der Waals surface area contributed by atoms with E-state index >= 15 is 0 Å². The maximum atomic E-state index is 6.09. The number of aryl methyl sites for hydroxylation is 1. The summed E-state index contributed by atoms with van der Waals surface area (Å²) in [6, 6.07) is 24.5. The van der Waals surface area contributed by atoms with Gasteiger partial charge in [0.1, 0.15) is 12.8 Å². The molecule has 0 aliphatic rings. The van der Waals surface area contributed by atoms with Crippen LogP contribution in [0, 0.1) is 6.92 Å². The first-order chi connectivity index (χ1) is 10.2. The van der Waals surface area contributed by atoms with E-state index in [1.165, 1.54) is 5.56 Å². The second-order valence-electron chi connectivity index (χ2n) is 5.10. The average Bonchev–Trinajstić information content (AvgIpc) is 2.55. The largest absolute Gasteiger partial charge is 1.00 e. The van der Waals surface area contributed by atoms with Crippen molar-refractivity contribution >= 4 is 5.69 Å². The first-order valence-corrected chi connectivity index (χ1v) is 7.03. The topological polar surface area (TPSA) is 16.1 Å². The number of halogens is 1. The lowest BCUT2D eigenvalue weighted by Gasteiger charge is -2.02. The van der Waals surface area contributed by atoms with E-state index in [0.717, 1.165) is 22.6 Å². The van der Waals surface area contributed by atoms with Crippen LogP contribution in [-0.2, 0) is 0 Å². The fraction of sp³-hybridized carbons (Fsp3) is 0.105. The van der Waals surface area contributed by atoms with Crippen LogP contribution in [0.3, 0.4) is 0 Å². The van der Waals surface area contributed by atoms with Crippen molar-refractivity contribution in [1.82, 2.24) is 4.58 Å². The summed E-state index contributed by atoms with van der Waals surface area (Å²) in [5.41, 5.74) is 4.20. The maximum absolute atomic E-state index is 6.09. The van der Waals surface area contributed by atoms with Gasteiger partial charge in [-0.25, -0.2) is 0 Å². The fourth-order valence-corrected chi connectivity index (χ4v) is 2.30. The van der Waals surface area contributed by atoms with Gasteiger partial charge in [-0.1, -0.05) is 48.5 Å². The average molecular weight is 403 g/mol. The van der Waals surface area contributed by atoms with Gasteiger partial charge in [-0.05, 0) is 18.6 Å². The van der Waals surface area contributed by atoms with E-state index in [2.05, 4.69) is 47.9 Å². The Labute approximate surface area is 147 Å².